The summed E-state index contributed by atoms with van der Waals surface area (Å²) in [6, 6.07) is 0. The molecule has 2 heteroatoms. The first kappa shape index (κ1) is 13.0. The first-order valence-corrected chi connectivity index (χ1v) is 6.76. The van der Waals surface area contributed by atoms with Gasteiger partial charge in [-0.2, -0.15) is 0 Å². The summed E-state index contributed by atoms with van der Waals surface area (Å²) in [7, 11) is 0. The molecule has 0 radical (unpaired) electrons. The van der Waals surface area contributed by atoms with Gasteiger partial charge in [-0.1, -0.05) is 26.7 Å². The third-order valence-corrected chi connectivity index (χ3v) is 3.60. The fourth-order valence-electron chi connectivity index (χ4n) is 2.64. The molecule has 15 heavy (non-hydrogen) atoms. The summed E-state index contributed by atoms with van der Waals surface area (Å²) < 4.78 is 6.82. The minimum atomic E-state index is 0.980. The van der Waals surface area contributed by atoms with Crippen LogP contribution < -0.4 is 0 Å². The van der Waals surface area contributed by atoms with Crippen molar-refractivity contribution in [1.29, 1.82) is 0 Å². The first-order chi connectivity index (χ1) is 7.33. The number of rotatable bonds is 7. The maximum absolute atomic E-state index is 5.48. The summed E-state index contributed by atoms with van der Waals surface area (Å²) in [5.74, 6) is 0. The highest BCUT2D eigenvalue weighted by molar-refractivity contribution is 4.51. The molecule has 0 atom stereocenters. The van der Waals surface area contributed by atoms with Gasteiger partial charge in [0.15, 0.2) is 0 Å². The maximum Gasteiger partial charge on any atom is 0.102 e. The molecule has 0 N–H and O–H groups in total. The molecule has 0 aliphatic carbocycles. The van der Waals surface area contributed by atoms with E-state index in [1.54, 1.807) is 0 Å². The maximum atomic E-state index is 5.48. The molecule has 1 aliphatic heterocycles. The number of morpholine rings is 1. The van der Waals surface area contributed by atoms with Gasteiger partial charge in [0.05, 0.1) is 26.3 Å². The quantitative estimate of drug-likeness (QED) is 0.468. The average Bonchev–Trinajstić information content (AvgIpc) is 2.26. The highest BCUT2D eigenvalue weighted by Crippen LogP contribution is 2.15. The summed E-state index contributed by atoms with van der Waals surface area (Å²) >= 11 is 0. The minimum absolute atomic E-state index is 0.980. The Bertz CT molecular complexity index is 147. The van der Waals surface area contributed by atoms with Crippen molar-refractivity contribution in [1.82, 2.24) is 0 Å². The highest BCUT2D eigenvalue weighted by atomic mass is 16.5. The van der Waals surface area contributed by atoms with E-state index in [0.29, 0.717) is 0 Å². The summed E-state index contributed by atoms with van der Waals surface area (Å²) in [4.78, 5) is 0. The molecule has 0 unspecified atom stereocenters. The smallest absolute Gasteiger partial charge is 0.102 e. The molecule has 1 aliphatic rings. The van der Waals surface area contributed by atoms with Crippen LogP contribution in [0.4, 0.5) is 0 Å². The van der Waals surface area contributed by atoms with Crippen molar-refractivity contribution in [2.45, 2.75) is 46.0 Å². The normalized spacial score (nSPS) is 20.4. The molecule has 90 valence electrons. The summed E-state index contributed by atoms with van der Waals surface area (Å²) in [6.45, 7) is 11.8. The second-order valence-electron chi connectivity index (χ2n) is 4.91. The Morgan fingerprint density at radius 3 is 2.20 bits per heavy atom. The number of unbranched alkanes of at least 4 members (excludes halogenated alkanes) is 3. The fourth-order valence-corrected chi connectivity index (χ4v) is 2.64. The Morgan fingerprint density at radius 1 is 0.867 bits per heavy atom. The molecule has 0 amide bonds. The molecule has 1 fully saturated rings. The van der Waals surface area contributed by atoms with Crippen molar-refractivity contribution < 1.29 is 9.22 Å². The van der Waals surface area contributed by atoms with Gasteiger partial charge in [-0.15, -0.1) is 0 Å². The van der Waals surface area contributed by atoms with Crippen LogP contribution in [-0.2, 0) is 4.74 Å². The standard InChI is InChI=1S/C13H28NO/c1-3-5-6-7-9-14(8-4-2)10-12-15-13-11-14/h3-13H2,1-2H3/q+1. The number of ether oxygens (including phenoxy) is 1. The van der Waals surface area contributed by atoms with Gasteiger partial charge < -0.3 is 9.22 Å². The van der Waals surface area contributed by atoms with E-state index in [4.69, 9.17) is 4.74 Å². The Morgan fingerprint density at radius 2 is 1.60 bits per heavy atom. The van der Waals surface area contributed by atoms with E-state index < -0.39 is 0 Å². The first-order valence-electron chi connectivity index (χ1n) is 6.76. The zero-order valence-corrected chi connectivity index (χ0v) is 10.6. The van der Waals surface area contributed by atoms with Crippen molar-refractivity contribution in [2.24, 2.45) is 0 Å². The van der Waals surface area contributed by atoms with Crippen LogP contribution in [0.2, 0.25) is 0 Å². The van der Waals surface area contributed by atoms with Gasteiger partial charge in [0.25, 0.3) is 0 Å². The molecule has 0 spiro atoms. The van der Waals surface area contributed by atoms with Crippen LogP contribution in [0.15, 0.2) is 0 Å². The molecule has 0 aromatic rings. The minimum Gasteiger partial charge on any atom is -0.370 e. The zero-order valence-electron chi connectivity index (χ0n) is 10.6. The lowest BCUT2D eigenvalue weighted by Crippen LogP contribution is -2.55. The number of quaternary nitrogens is 1. The Balaban J connectivity index is 2.28. The lowest BCUT2D eigenvalue weighted by atomic mass is 10.1. The molecular weight excluding hydrogens is 186 g/mol. The van der Waals surface area contributed by atoms with Gasteiger partial charge in [-0.05, 0) is 19.3 Å². The van der Waals surface area contributed by atoms with Crippen molar-refractivity contribution in [3.8, 4) is 0 Å². The molecule has 0 bridgehead atoms. The summed E-state index contributed by atoms with van der Waals surface area (Å²) in [5.41, 5.74) is 0. The van der Waals surface area contributed by atoms with Crippen LogP contribution in [0, 0.1) is 0 Å². The summed E-state index contributed by atoms with van der Waals surface area (Å²) in [5, 5.41) is 0. The van der Waals surface area contributed by atoms with Gasteiger partial charge in [0, 0.05) is 0 Å². The lowest BCUT2D eigenvalue weighted by Gasteiger charge is -2.41. The van der Waals surface area contributed by atoms with Crippen LogP contribution in [0.3, 0.4) is 0 Å². The van der Waals surface area contributed by atoms with Gasteiger partial charge in [0.1, 0.15) is 13.1 Å². The number of hydrogen-bond acceptors (Lipinski definition) is 1. The highest BCUT2D eigenvalue weighted by Gasteiger charge is 2.28. The predicted octanol–water partition coefficient (Wildman–Crippen LogP) is 2.82. The van der Waals surface area contributed by atoms with Gasteiger partial charge >= 0.3 is 0 Å². The molecule has 0 aromatic carbocycles. The van der Waals surface area contributed by atoms with Gasteiger partial charge in [-0.25, -0.2) is 0 Å². The molecular formula is C13H28NO+. The van der Waals surface area contributed by atoms with E-state index in [2.05, 4.69) is 13.8 Å². The van der Waals surface area contributed by atoms with Crippen LogP contribution >= 0.6 is 0 Å². The largest absolute Gasteiger partial charge is 0.370 e. The van der Waals surface area contributed by atoms with E-state index in [0.717, 1.165) is 13.2 Å². The molecule has 1 heterocycles. The monoisotopic (exact) mass is 214 g/mol. The third-order valence-electron chi connectivity index (χ3n) is 3.60. The van der Waals surface area contributed by atoms with Crippen molar-refractivity contribution in [3.63, 3.8) is 0 Å². The third kappa shape index (κ3) is 4.52. The van der Waals surface area contributed by atoms with Gasteiger partial charge in [0.2, 0.25) is 0 Å². The Kier molecular flexibility index (Phi) is 6.26. The van der Waals surface area contributed by atoms with E-state index in [-0.39, 0.29) is 0 Å². The van der Waals surface area contributed by atoms with Crippen LogP contribution in [0.25, 0.3) is 0 Å². The predicted molar refractivity (Wildman–Crippen MR) is 65.0 cm³/mol. The SMILES string of the molecule is CCCCCC[N+]1(CCC)CCOCC1. The average molecular weight is 214 g/mol. The molecule has 1 rings (SSSR count). The Hall–Kier alpha value is -0.0800. The van der Waals surface area contributed by atoms with Crippen molar-refractivity contribution in [2.75, 3.05) is 39.4 Å². The number of nitrogens with zero attached hydrogens (tertiary/aromatic N) is 1. The van der Waals surface area contributed by atoms with Gasteiger partial charge in [-0.3, -0.25) is 0 Å². The molecule has 2 nitrogen and oxygen atoms in total. The summed E-state index contributed by atoms with van der Waals surface area (Å²) in [6.07, 6.45) is 6.89. The zero-order chi connectivity index (χ0) is 11.0. The number of hydrogen-bond donors (Lipinski definition) is 0. The Labute approximate surface area is 95.2 Å². The molecule has 0 saturated carbocycles. The molecule has 1 saturated heterocycles. The van der Waals surface area contributed by atoms with Crippen molar-refractivity contribution in [3.05, 3.63) is 0 Å². The van der Waals surface area contributed by atoms with E-state index in [1.807, 2.05) is 0 Å². The van der Waals surface area contributed by atoms with Crippen molar-refractivity contribution >= 4 is 0 Å². The lowest BCUT2D eigenvalue weighted by molar-refractivity contribution is -0.935. The second-order valence-corrected chi connectivity index (χ2v) is 4.91. The topological polar surface area (TPSA) is 9.23 Å². The van der Waals surface area contributed by atoms with E-state index in [9.17, 15) is 0 Å². The van der Waals surface area contributed by atoms with Crippen LogP contribution in [-0.4, -0.2) is 43.9 Å². The van der Waals surface area contributed by atoms with E-state index in [1.165, 1.54) is 62.8 Å². The van der Waals surface area contributed by atoms with Crippen LogP contribution in [0.1, 0.15) is 46.0 Å². The van der Waals surface area contributed by atoms with Crippen LogP contribution in [0.5, 0.6) is 0 Å². The fraction of sp³-hybridized carbons (Fsp3) is 1.00. The molecule has 0 aromatic heterocycles. The van der Waals surface area contributed by atoms with E-state index >= 15 is 0 Å². The second kappa shape index (κ2) is 7.24.